The quantitative estimate of drug-likeness (QED) is 0.385. The van der Waals surface area contributed by atoms with Gasteiger partial charge in [-0.05, 0) is 34.1 Å². The lowest BCUT2D eigenvalue weighted by Gasteiger charge is -2.41. The van der Waals surface area contributed by atoms with E-state index < -0.39 is 63.7 Å². The summed E-state index contributed by atoms with van der Waals surface area (Å²) in [5.74, 6) is -4.61. The zero-order chi connectivity index (χ0) is 24.8. The van der Waals surface area contributed by atoms with Crippen molar-refractivity contribution in [2.45, 2.75) is 34.7 Å². The molecule has 1 fully saturated rings. The SMILES string of the molecule is O=S(=O)(c1cncc(Br)c1)[C@H]1OC(CO)[C@H](O)C(n2cc(-c3cc(F)c(F)c(F)c3)nn2)C1O. The largest absolute Gasteiger partial charge is 0.394 e. The van der Waals surface area contributed by atoms with Crippen molar-refractivity contribution in [3.63, 3.8) is 0 Å². The smallest absolute Gasteiger partial charge is 0.209 e. The third-order valence-electron chi connectivity index (χ3n) is 5.26. The zero-order valence-electron chi connectivity index (χ0n) is 16.8. The lowest BCUT2D eigenvalue weighted by atomic mass is 9.97. The fraction of sp³-hybridized carbons (Fsp3) is 0.316. The van der Waals surface area contributed by atoms with Gasteiger partial charge in [0.2, 0.25) is 9.84 Å². The molecule has 1 aromatic carbocycles. The molecule has 182 valence electrons. The maximum atomic E-state index is 13.6. The highest BCUT2D eigenvalue weighted by molar-refractivity contribution is 9.10. The Bertz CT molecular complexity index is 1300. The molecule has 1 aliphatic rings. The van der Waals surface area contributed by atoms with Crippen LogP contribution >= 0.6 is 15.9 Å². The molecule has 3 heterocycles. The van der Waals surface area contributed by atoms with Crippen molar-refractivity contribution < 1.29 is 41.6 Å². The molecule has 3 N–H and O–H groups in total. The molecule has 2 aromatic heterocycles. The van der Waals surface area contributed by atoms with Crippen LogP contribution in [-0.4, -0.2) is 74.1 Å². The van der Waals surface area contributed by atoms with E-state index >= 15 is 0 Å². The van der Waals surface area contributed by atoms with Crippen LogP contribution in [0.25, 0.3) is 11.3 Å². The summed E-state index contributed by atoms with van der Waals surface area (Å²) >= 11 is 3.11. The van der Waals surface area contributed by atoms with Gasteiger partial charge in [-0.1, -0.05) is 5.21 Å². The van der Waals surface area contributed by atoms with E-state index in [1.807, 2.05) is 0 Å². The molecule has 0 saturated carbocycles. The maximum absolute atomic E-state index is 13.6. The van der Waals surface area contributed by atoms with E-state index in [4.69, 9.17) is 4.74 Å². The average Bonchev–Trinajstić information content (AvgIpc) is 3.27. The Morgan fingerprint density at radius 1 is 1.09 bits per heavy atom. The van der Waals surface area contributed by atoms with E-state index in [9.17, 15) is 36.9 Å². The van der Waals surface area contributed by atoms with E-state index in [1.165, 1.54) is 12.3 Å². The molecule has 15 heteroatoms. The number of aliphatic hydroxyl groups is 3. The third-order valence-corrected chi connectivity index (χ3v) is 7.57. The van der Waals surface area contributed by atoms with Crippen LogP contribution in [0, 0.1) is 17.5 Å². The molecule has 4 rings (SSSR count). The van der Waals surface area contributed by atoms with E-state index in [1.54, 1.807) is 0 Å². The van der Waals surface area contributed by atoms with Crippen molar-refractivity contribution >= 4 is 25.8 Å². The molecular formula is C19H16BrF3N4O6S. The highest BCUT2D eigenvalue weighted by Crippen LogP contribution is 2.35. The number of aliphatic hydroxyl groups excluding tert-OH is 3. The van der Waals surface area contributed by atoms with Gasteiger partial charge in [-0.25, -0.2) is 26.3 Å². The highest BCUT2D eigenvalue weighted by atomic mass is 79.9. The van der Waals surface area contributed by atoms with Crippen LogP contribution in [0.3, 0.4) is 0 Å². The predicted molar refractivity (Wildman–Crippen MR) is 111 cm³/mol. The minimum absolute atomic E-state index is 0.153. The van der Waals surface area contributed by atoms with E-state index in [-0.39, 0.29) is 16.2 Å². The summed E-state index contributed by atoms with van der Waals surface area (Å²) in [6, 6.07) is 1.08. The first-order valence-corrected chi connectivity index (χ1v) is 11.9. The van der Waals surface area contributed by atoms with Crippen LogP contribution in [0.2, 0.25) is 0 Å². The fourth-order valence-corrected chi connectivity index (χ4v) is 5.68. The van der Waals surface area contributed by atoms with Gasteiger partial charge in [-0.2, -0.15) is 0 Å². The average molecular weight is 565 g/mol. The first kappa shape index (κ1) is 24.7. The second-order valence-electron chi connectivity index (χ2n) is 7.42. The van der Waals surface area contributed by atoms with Crippen molar-refractivity contribution in [2.75, 3.05) is 6.61 Å². The lowest BCUT2D eigenvalue weighted by Crippen LogP contribution is -2.58. The summed E-state index contributed by atoms with van der Waals surface area (Å²) < 4.78 is 73.4. The molecule has 0 radical (unpaired) electrons. The number of rotatable bonds is 5. The van der Waals surface area contributed by atoms with E-state index in [0.29, 0.717) is 16.6 Å². The maximum Gasteiger partial charge on any atom is 0.209 e. The lowest BCUT2D eigenvalue weighted by molar-refractivity contribution is -0.180. The molecule has 1 saturated heterocycles. The molecule has 0 bridgehead atoms. The van der Waals surface area contributed by atoms with Gasteiger partial charge in [0.05, 0.1) is 17.7 Å². The molecule has 3 aromatic rings. The van der Waals surface area contributed by atoms with Crippen molar-refractivity contribution in [3.8, 4) is 11.3 Å². The summed E-state index contributed by atoms with van der Waals surface area (Å²) in [6.45, 7) is -0.803. The van der Waals surface area contributed by atoms with Gasteiger partial charge < -0.3 is 20.1 Å². The second kappa shape index (κ2) is 9.31. The summed E-state index contributed by atoms with van der Waals surface area (Å²) in [6.07, 6.45) is -1.55. The van der Waals surface area contributed by atoms with Crippen molar-refractivity contribution in [1.82, 2.24) is 20.0 Å². The van der Waals surface area contributed by atoms with Crippen LogP contribution in [-0.2, 0) is 14.6 Å². The normalized spacial score (nSPS) is 25.4. The first-order valence-electron chi connectivity index (χ1n) is 9.58. The molecule has 5 atom stereocenters. The minimum Gasteiger partial charge on any atom is -0.394 e. The molecule has 0 amide bonds. The van der Waals surface area contributed by atoms with Gasteiger partial charge in [0, 0.05) is 22.4 Å². The Labute approximate surface area is 198 Å². The van der Waals surface area contributed by atoms with Gasteiger partial charge >= 0.3 is 0 Å². The number of nitrogens with zero attached hydrogens (tertiary/aromatic N) is 4. The molecule has 1 aliphatic heterocycles. The van der Waals surface area contributed by atoms with Crippen LogP contribution in [0.15, 0.2) is 46.2 Å². The van der Waals surface area contributed by atoms with Crippen molar-refractivity contribution in [1.29, 1.82) is 0 Å². The number of aromatic nitrogens is 4. The molecule has 34 heavy (non-hydrogen) atoms. The summed E-state index contributed by atoms with van der Waals surface area (Å²) in [4.78, 5) is 3.48. The van der Waals surface area contributed by atoms with Crippen LogP contribution in [0.5, 0.6) is 0 Å². The number of hydrogen-bond acceptors (Lipinski definition) is 9. The Kier molecular flexibility index (Phi) is 6.76. The molecule has 3 unspecified atom stereocenters. The van der Waals surface area contributed by atoms with Gasteiger partial charge in [0.1, 0.15) is 30.0 Å². The van der Waals surface area contributed by atoms with Crippen molar-refractivity contribution in [2.24, 2.45) is 0 Å². The van der Waals surface area contributed by atoms with Gasteiger partial charge in [0.25, 0.3) is 0 Å². The Balaban J connectivity index is 1.73. The Hall–Kier alpha value is -2.43. The number of pyridine rings is 1. The third kappa shape index (κ3) is 4.34. The van der Waals surface area contributed by atoms with Gasteiger partial charge in [-0.3, -0.25) is 4.98 Å². The topological polar surface area (TPSA) is 148 Å². The van der Waals surface area contributed by atoms with Crippen LogP contribution in [0.4, 0.5) is 13.2 Å². The molecule has 10 nitrogen and oxygen atoms in total. The second-order valence-corrected chi connectivity index (χ2v) is 10.4. The number of halogens is 4. The Morgan fingerprint density at radius 3 is 2.38 bits per heavy atom. The molecule has 0 aliphatic carbocycles. The standard InChI is InChI=1S/C19H16BrF3N4O6S/c20-9-3-10(5-24-4-9)34(31,32)19-18(30)16(17(29)14(7-28)33-19)27-6-13(25-26-27)8-1-11(21)15(23)12(22)2-8/h1-6,14,16-19,28-30H,7H2/t14?,16?,17-,18?,19+/m0/s1. The molecular weight excluding hydrogens is 549 g/mol. The number of benzene rings is 1. The number of sulfone groups is 1. The van der Waals surface area contributed by atoms with Crippen molar-refractivity contribution in [3.05, 3.63) is 58.7 Å². The summed E-state index contributed by atoms with van der Waals surface area (Å²) in [7, 11) is -4.39. The summed E-state index contributed by atoms with van der Waals surface area (Å²) in [5, 5.41) is 38.6. The monoisotopic (exact) mass is 564 g/mol. The van der Waals surface area contributed by atoms with E-state index in [2.05, 4.69) is 31.2 Å². The van der Waals surface area contributed by atoms with Crippen LogP contribution in [0.1, 0.15) is 6.04 Å². The molecule has 0 spiro atoms. The van der Waals surface area contributed by atoms with Gasteiger partial charge in [0.15, 0.2) is 22.9 Å². The minimum atomic E-state index is -4.39. The first-order chi connectivity index (χ1) is 16.0. The number of ether oxygens (including phenoxy) is 1. The zero-order valence-corrected chi connectivity index (χ0v) is 19.2. The van der Waals surface area contributed by atoms with E-state index in [0.717, 1.165) is 17.1 Å². The van der Waals surface area contributed by atoms with Gasteiger partial charge in [-0.15, -0.1) is 5.10 Å². The fourth-order valence-electron chi connectivity index (χ4n) is 3.58. The predicted octanol–water partition coefficient (Wildman–Crippen LogP) is 0.974. The number of hydrogen-bond donors (Lipinski definition) is 3. The van der Waals surface area contributed by atoms with Crippen LogP contribution < -0.4 is 0 Å². The Morgan fingerprint density at radius 2 is 1.76 bits per heavy atom. The summed E-state index contributed by atoms with van der Waals surface area (Å²) in [5.41, 5.74) is -2.29. The highest BCUT2D eigenvalue weighted by Gasteiger charge is 2.51.